The van der Waals surface area contributed by atoms with E-state index in [1.54, 1.807) is 12.4 Å². The number of anilines is 3. The number of hydrogen-bond donors (Lipinski definition) is 1. The van der Waals surface area contributed by atoms with Crippen LogP contribution in [-0.2, 0) is 0 Å². The standard InChI is InChI=1S/C14H18N4/c1-4-18(12-8-6-5-7-11(12)2)14-10-16-9-13(15-3)17-14/h5-10H,4H2,1-3H3,(H,15,17). The summed E-state index contributed by atoms with van der Waals surface area (Å²) in [6.45, 7) is 5.07. The SMILES string of the molecule is CCN(c1cncc(NC)n1)c1ccccc1C. The van der Waals surface area contributed by atoms with Gasteiger partial charge in [-0.05, 0) is 25.5 Å². The molecular weight excluding hydrogens is 224 g/mol. The van der Waals surface area contributed by atoms with Gasteiger partial charge in [-0.15, -0.1) is 0 Å². The van der Waals surface area contributed by atoms with E-state index >= 15 is 0 Å². The molecule has 2 rings (SSSR count). The molecule has 4 nitrogen and oxygen atoms in total. The van der Waals surface area contributed by atoms with Crippen molar-refractivity contribution < 1.29 is 0 Å². The molecule has 0 amide bonds. The molecule has 1 aromatic carbocycles. The van der Waals surface area contributed by atoms with E-state index < -0.39 is 0 Å². The van der Waals surface area contributed by atoms with Gasteiger partial charge in [0.05, 0.1) is 12.4 Å². The lowest BCUT2D eigenvalue weighted by molar-refractivity contribution is 0.971. The number of benzene rings is 1. The van der Waals surface area contributed by atoms with Gasteiger partial charge < -0.3 is 10.2 Å². The Balaban J connectivity index is 2.42. The van der Waals surface area contributed by atoms with Gasteiger partial charge in [-0.25, -0.2) is 4.98 Å². The summed E-state index contributed by atoms with van der Waals surface area (Å²) in [7, 11) is 1.85. The summed E-state index contributed by atoms with van der Waals surface area (Å²) in [5.41, 5.74) is 2.40. The molecule has 2 aromatic rings. The second kappa shape index (κ2) is 5.49. The zero-order valence-electron chi connectivity index (χ0n) is 11.0. The van der Waals surface area contributed by atoms with E-state index in [4.69, 9.17) is 0 Å². The summed E-state index contributed by atoms with van der Waals surface area (Å²) in [6, 6.07) is 8.29. The van der Waals surface area contributed by atoms with E-state index in [9.17, 15) is 0 Å². The van der Waals surface area contributed by atoms with Crippen LogP contribution in [0.5, 0.6) is 0 Å². The largest absolute Gasteiger partial charge is 0.372 e. The highest BCUT2D eigenvalue weighted by atomic mass is 15.2. The Bertz CT molecular complexity index is 525. The van der Waals surface area contributed by atoms with Crippen molar-refractivity contribution in [1.82, 2.24) is 9.97 Å². The third kappa shape index (κ3) is 2.42. The van der Waals surface area contributed by atoms with Crippen LogP contribution in [0.4, 0.5) is 17.3 Å². The van der Waals surface area contributed by atoms with Gasteiger partial charge in [0.1, 0.15) is 5.82 Å². The summed E-state index contributed by atoms with van der Waals surface area (Å²) in [4.78, 5) is 10.9. The molecule has 4 heteroatoms. The van der Waals surface area contributed by atoms with Crippen molar-refractivity contribution in [3.8, 4) is 0 Å². The molecule has 0 unspecified atom stereocenters. The number of para-hydroxylation sites is 1. The summed E-state index contributed by atoms with van der Waals surface area (Å²) < 4.78 is 0. The summed E-state index contributed by atoms with van der Waals surface area (Å²) in [5, 5.41) is 3.01. The molecule has 1 N–H and O–H groups in total. The molecule has 1 aromatic heterocycles. The van der Waals surface area contributed by atoms with Crippen LogP contribution in [0.1, 0.15) is 12.5 Å². The Hall–Kier alpha value is -2.10. The predicted molar refractivity (Wildman–Crippen MR) is 75.4 cm³/mol. The van der Waals surface area contributed by atoms with Crippen LogP contribution in [0.3, 0.4) is 0 Å². The van der Waals surface area contributed by atoms with Crippen molar-refractivity contribution in [2.45, 2.75) is 13.8 Å². The Labute approximate surface area is 108 Å². The monoisotopic (exact) mass is 242 g/mol. The zero-order valence-corrected chi connectivity index (χ0v) is 11.0. The summed E-state index contributed by atoms with van der Waals surface area (Å²) in [5.74, 6) is 1.64. The molecule has 0 saturated carbocycles. The van der Waals surface area contributed by atoms with Crippen LogP contribution >= 0.6 is 0 Å². The molecule has 0 aliphatic rings. The van der Waals surface area contributed by atoms with Crippen molar-refractivity contribution in [2.24, 2.45) is 0 Å². The molecule has 94 valence electrons. The fourth-order valence-electron chi connectivity index (χ4n) is 1.93. The van der Waals surface area contributed by atoms with Gasteiger partial charge in [-0.2, -0.15) is 0 Å². The molecular formula is C14H18N4. The predicted octanol–water partition coefficient (Wildman–Crippen LogP) is 2.98. The number of hydrogen-bond acceptors (Lipinski definition) is 4. The van der Waals surface area contributed by atoms with Gasteiger partial charge in [0.2, 0.25) is 0 Å². The van der Waals surface area contributed by atoms with Gasteiger partial charge in [0.25, 0.3) is 0 Å². The average molecular weight is 242 g/mol. The minimum atomic E-state index is 0.777. The Morgan fingerprint density at radius 1 is 1.22 bits per heavy atom. The van der Waals surface area contributed by atoms with Gasteiger partial charge in [-0.3, -0.25) is 4.98 Å². The molecule has 0 aliphatic heterocycles. The molecule has 0 radical (unpaired) electrons. The number of aryl methyl sites for hydroxylation is 1. The zero-order chi connectivity index (χ0) is 13.0. The molecule has 0 atom stereocenters. The number of nitrogens with one attached hydrogen (secondary N) is 1. The molecule has 0 fully saturated rings. The molecule has 0 aliphatic carbocycles. The first kappa shape index (κ1) is 12.4. The molecule has 0 spiro atoms. The number of nitrogens with zero attached hydrogens (tertiary/aromatic N) is 3. The average Bonchev–Trinajstić information content (AvgIpc) is 2.42. The van der Waals surface area contributed by atoms with Crippen LogP contribution in [0, 0.1) is 6.92 Å². The Morgan fingerprint density at radius 3 is 2.67 bits per heavy atom. The highest BCUT2D eigenvalue weighted by Gasteiger charge is 2.11. The Kier molecular flexibility index (Phi) is 3.77. The van der Waals surface area contributed by atoms with Crippen molar-refractivity contribution in [2.75, 3.05) is 23.8 Å². The Morgan fingerprint density at radius 2 is 2.00 bits per heavy atom. The van der Waals surface area contributed by atoms with Crippen LogP contribution in [0.25, 0.3) is 0 Å². The van der Waals surface area contributed by atoms with Gasteiger partial charge >= 0.3 is 0 Å². The van der Waals surface area contributed by atoms with Crippen LogP contribution < -0.4 is 10.2 Å². The summed E-state index contributed by atoms with van der Waals surface area (Å²) in [6.07, 6.45) is 3.51. The van der Waals surface area contributed by atoms with Crippen LogP contribution in [-0.4, -0.2) is 23.6 Å². The van der Waals surface area contributed by atoms with Gasteiger partial charge in [0.15, 0.2) is 5.82 Å². The minimum absolute atomic E-state index is 0.777. The van der Waals surface area contributed by atoms with E-state index in [2.05, 4.69) is 46.2 Å². The maximum Gasteiger partial charge on any atom is 0.153 e. The normalized spacial score (nSPS) is 10.2. The molecule has 0 saturated heterocycles. The van der Waals surface area contributed by atoms with Gasteiger partial charge in [0, 0.05) is 19.3 Å². The lowest BCUT2D eigenvalue weighted by Crippen LogP contribution is -2.19. The fraction of sp³-hybridized carbons (Fsp3) is 0.286. The minimum Gasteiger partial charge on any atom is -0.372 e. The van der Waals surface area contributed by atoms with E-state index in [-0.39, 0.29) is 0 Å². The lowest BCUT2D eigenvalue weighted by Gasteiger charge is -2.23. The first-order valence-electron chi connectivity index (χ1n) is 6.09. The maximum atomic E-state index is 4.53. The van der Waals surface area contributed by atoms with Crippen molar-refractivity contribution in [3.05, 3.63) is 42.2 Å². The van der Waals surface area contributed by atoms with E-state index in [1.165, 1.54) is 11.3 Å². The van der Waals surface area contributed by atoms with Crippen molar-refractivity contribution in [1.29, 1.82) is 0 Å². The second-order valence-electron chi connectivity index (χ2n) is 4.04. The third-order valence-electron chi connectivity index (χ3n) is 2.88. The topological polar surface area (TPSA) is 41.1 Å². The van der Waals surface area contributed by atoms with E-state index in [0.717, 1.165) is 18.2 Å². The summed E-state index contributed by atoms with van der Waals surface area (Å²) >= 11 is 0. The third-order valence-corrected chi connectivity index (χ3v) is 2.88. The van der Waals surface area contributed by atoms with Crippen molar-refractivity contribution in [3.63, 3.8) is 0 Å². The number of aromatic nitrogens is 2. The smallest absolute Gasteiger partial charge is 0.153 e. The lowest BCUT2D eigenvalue weighted by atomic mass is 10.2. The fourth-order valence-corrected chi connectivity index (χ4v) is 1.93. The number of rotatable bonds is 4. The highest BCUT2D eigenvalue weighted by Crippen LogP contribution is 2.26. The van der Waals surface area contributed by atoms with Crippen LogP contribution in [0.2, 0.25) is 0 Å². The molecule has 0 bridgehead atoms. The molecule has 1 heterocycles. The van der Waals surface area contributed by atoms with E-state index in [1.807, 2.05) is 19.2 Å². The quantitative estimate of drug-likeness (QED) is 0.895. The second-order valence-corrected chi connectivity index (χ2v) is 4.04. The van der Waals surface area contributed by atoms with Crippen molar-refractivity contribution >= 4 is 17.3 Å². The van der Waals surface area contributed by atoms with E-state index in [0.29, 0.717) is 0 Å². The first-order valence-corrected chi connectivity index (χ1v) is 6.09. The first-order chi connectivity index (χ1) is 8.76. The molecule has 18 heavy (non-hydrogen) atoms. The van der Waals surface area contributed by atoms with Gasteiger partial charge in [-0.1, -0.05) is 18.2 Å². The highest BCUT2D eigenvalue weighted by molar-refractivity contribution is 5.63. The van der Waals surface area contributed by atoms with Crippen LogP contribution in [0.15, 0.2) is 36.7 Å². The maximum absolute atomic E-state index is 4.53.